The molecule has 7 heteroatoms. The Morgan fingerprint density at radius 3 is 2.62 bits per heavy atom. The number of aromatic nitrogens is 5. The number of hydrogen-bond donors (Lipinski definition) is 2. The smallest absolute Gasteiger partial charge is 0.223 e. The molecule has 0 fully saturated rings. The van der Waals surface area contributed by atoms with E-state index in [4.69, 9.17) is 4.74 Å². The van der Waals surface area contributed by atoms with Crippen LogP contribution in [0.25, 0.3) is 0 Å². The molecule has 2 rings (SSSR count). The first-order chi connectivity index (χ1) is 7.79. The summed E-state index contributed by atoms with van der Waals surface area (Å²) in [5.74, 6) is 1.88. The van der Waals surface area contributed by atoms with E-state index in [9.17, 15) is 0 Å². The Labute approximate surface area is 92.3 Å². The summed E-state index contributed by atoms with van der Waals surface area (Å²) in [5.41, 5.74) is 0. The summed E-state index contributed by atoms with van der Waals surface area (Å²) in [6, 6.07) is -0.0316. The van der Waals surface area contributed by atoms with Crippen molar-refractivity contribution < 1.29 is 4.74 Å². The molecule has 84 valence electrons. The Balaban J connectivity index is 2.03. The van der Waals surface area contributed by atoms with Crippen LogP contribution in [0, 0.1) is 0 Å². The third-order valence-electron chi connectivity index (χ3n) is 2.05. The van der Waals surface area contributed by atoms with Crippen molar-refractivity contribution in [2.75, 3.05) is 12.4 Å². The Morgan fingerprint density at radius 1 is 1.31 bits per heavy atom. The van der Waals surface area contributed by atoms with E-state index in [2.05, 4.69) is 30.5 Å². The van der Waals surface area contributed by atoms with Gasteiger partial charge in [-0.2, -0.15) is 5.10 Å². The number of anilines is 1. The molecule has 0 amide bonds. The van der Waals surface area contributed by atoms with Gasteiger partial charge in [-0.1, -0.05) is 0 Å². The van der Waals surface area contributed by atoms with Gasteiger partial charge in [-0.15, -0.1) is 0 Å². The first kappa shape index (κ1) is 10.3. The van der Waals surface area contributed by atoms with Crippen molar-refractivity contribution in [2.45, 2.75) is 13.0 Å². The van der Waals surface area contributed by atoms with E-state index >= 15 is 0 Å². The molecule has 2 aromatic heterocycles. The zero-order chi connectivity index (χ0) is 11.4. The SMILES string of the molecule is COc1cnc(NC(C)c2ncn[nH]2)nc1. The van der Waals surface area contributed by atoms with Crippen molar-refractivity contribution in [3.63, 3.8) is 0 Å². The highest BCUT2D eigenvalue weighted by molar-refractivity contribution is 5.29. The summed E-state index contributed by atoms with van der Waals surface area (Å²) in [6.07, 6.45) is 4.66. The molecular weight excluding hydrogens is 208 g/mol. The van der Waals surface area contributed by atoms with Crippen LogP contribution in [-0.4, -0.2) is 32.3 Å². The molecule has 0 bridgehead atoms. The summed E-state index contributed by atoms with van der Waals surface area (Å²) >= 11 is 0. The predicted octanol–water partition coefficient (Wildman–Crippen LogP) is 0.776. The van der Waals surface area contributed by atoms with Gasteiger partial charge in [0, 0.05) is 0 Å². The van der Waals surface area contributed by atoms with Crippen LogP contribution in [0.4, 0.5) is 5.95 Å². The highest BCUT2D eigenvalue weighted by Gasteiger charge is 2.09. The summed E-state index contributed by atoms with van der Waals surface area (Å²) in [6.45, 7) is 1.94. The fourth-order valence-electron chi connectivity index (χ4n) is 1.18. The lowest BCUT2D eigenvalue weighted by molar-refractivity contribution is 0.411. The second kappa shape index (κ2) is 4.56. The van der Waals surface area contributed by atoms with Crippen LogP contribution in [0.3, 0.4) is 0 Å². The van der Waals surface area contributed by atoms with Gasteiger partial charge < -0.3 is 10.1 Å². The minimum Gasteiger partial charge on any atom is -0.494 e. The van der Waals surface area contributed by atoms with E-state index in [-0.39, 0.29) is 6.04 Å². The molecule has 16 heavy (non-hydrogen) atoms. The second-order valence-electron chi connectivity index (χ2n) is 3.18. The largest absolute Gasteiger partial charge is 0.494 e. The zero-order valence-electron chi connectivity index (χ0n) is 9.01. The summed E-state index contributed by atoms with van der Waals surface area (Å²) in [4.78, 5) is 12.2. The molecule has 0 aliphatic heterocycles. The molecule has 1 atom stereocenters. The van der Waals surface area contributed by atoms with Gasteiger partial charge in [-0.25, -0.2) is 15.0 Å². The number of nitrogens with one attached hydrogen (secondary N) is 2. The molecule has 0 saturated heterocycles. The van der Waals surface area contributed by atoms with Crippen molar-refractivity contribution in [3.05, 3.63) is 24.5 Å². The van der Waals surface area contributed by atoms with Gasteiger partial charge >= 0.3 is 0 Å². The van der Waals surface area contributed by atoms with E-state index in [1.54, 1.807) is 19.5 Å². The van der Waals surface area contributed by atoms with Gasteiger partial charge in [0.25, 0.3) is 0 Å². The van der Waals surface area contributed by atoms with Crippen molar-refractivity contribution >= 4 is 5.95 Å². The van der Waals surface area contributed by atoms with Crippen molar-refractivity contribution in [2.24, 2.45) is 0 Å². The quantitative estimate of drug-likeness (QED) is 0.791. The van der Waals surface area contributed by atoms with Gasteiger partial charge in [0.05, 0.1) is 25.5 Å². The van der Waals surface area contributed by atoms with Crippen LogP contribution < -0.4 is 10.1 Å². The van der Waals surface area contributed by atoms with E-state index in [1.165, 1.54) is 6.33 Å². The third-order valence-corrected chi connectivity index (χ3v) is 2.05. The van der Waals surface area contributed by atoms with Crippen LogP contribution in [0.2, 0.25) is 0 Å². The maximum Gasteiger partial charge on any atom is 0.223 e. The summed E-state index contributed by atoms with van der Waals surface area (Å²) < 4.78 is 4.97. The van der Waals surface area contributed by atoms with E-state index in [0.717, 1.165) is 5.82 Å². The molecule has 0 aliphatic rings. The first-order valence-corrected chi connectivity index (χ1v) is 4.77. The summed E-state index contributed by atoms with van der Waals surface area (Å²) in [7, 11) is 1.57. The van der Waals surface area contributed by atoms with Crippen LogP contribution in [0.1, 0.15) is 18.8 Å². The normalized spacial score (nSPS) is 12.1. The fourth-order valence-corrected chi connectivity index (χ4v) is 1.18. The zero-order valence-corrected chi connectivity index (χ0v) is 9.01. The van der Waals surface area contributed by atoms with Gasteiger partial charge in [0.1, 0.15) is 12.2 Å². The molecule has 2 aromatic rings. The lowest BCUT2D eigenvalue weighted by Gasteiger charge is -2.10. The molecule has 7 nitrogen and oxygen atoms in total. The number of ether oxygens (including phenoxy) is 1. The van der Waals surface area contributed by atoms with Crippen molar-refractivity contribution in [1.82, 2.24) is 25.1 Å². The number of nitrogens with zero attached hydrogens (tertiary/aromatic N) is 4. The average molecular weight is 220 g/mol. The van der Waals surface area contributed by atoms with Gasteiger partial charge in [0.15, 0.2) is 5.75 Å². The topological polar surface area (TPSA) is 88.6 Å². The molecule has 0 saturated carbocycles. The molecule has 1 unspecified atom stereocenters. The van der Waals surface area contributed by atoms with Crippen molar-refractivity contribution in [3.8, 4) is 5.75 Å². The lowest BCUT2D eigenvalue weighted by Crippen LogP contribution is -2.10. The van der Waals surface area contributed by atoms with Crippen LogP contribution in [0.15, 0.2) is 18.7 Å². The first-order valence-electron chi connectivity index (χ1n) is 4.77. The summed E-state index contributed by atoms with van der Waals surface area (Å²) in [5, 5.41) is 9.64. The molecular formula is C9H12N6O. The average Bonchev–Trinajstić information content (AvgIpc) is 2.83. The lowest BCUT2D eigenvalue weighted by atomic mass is 10.3. The highest BCUT2D eigenvalue weighted by atomic mass is 16.5. The fraction of sp³-hybridized carbons (Fsp3) is 0.333. The Hall–Kier alpha value is -2.18. The standard InChI is InChI=1S/C9H12N6O/c1-6(8-12-5-13-15-8)14-9-10-3-7(16-2)4-11-9/h3-6H,1-2H3,(H,10,11,14)(H,12,13,15). The third kappa shape index (κ3) is 2.25. The van der Waals surface area contributed by atoms with Crippen LogP contribution in [0.5, 0.6) is 5.75 Å². The molecule has 2 N–H and O–H groups in total. The maximum atomic E-state index is 4.97. The molecule has 0 aliphatic carbocycles. The minimum absolute atomic E-state index is 0.0316. The Kier molecular flexibility index (Phi) is 2.95. The Bertz CT molecular complexity index is 426. The van der Waals surface area contributed by atoms with Crippen molar-refractivity contribution in [1.29, 1.82) is 0 Å². The number of rotatable bonds is 4. The van der Waals surface area contributed by atoms with E-state index < -0.39 is 0 Å². The number of aromatic amines is 1. The number of H-pyrrole nitrogens is 1. The molecule has 0 aromatic carbocycles. The van der Waals surface area contributed by atoms with E-state index in [1.807, 2.05) is 6.92 Å². The van der Waals surface area contributed by atoms with Gasteiger partial charge in [-0.3, -0.25) is 5.10 Å². The van der Waals surface area contributed by atoms with Gasteiger partial charge in [0.2, 0.25) is 5.95 Å². The number of hydrogen-bond acceptors (Lipinski definition) is 6. The van der Waals surface area contributed by atoms with Gasteiger partial charge in [-0.05, 0) is 6.92 Å². The highest BCUT2D eigenvalue weighted by Crippen LogP contribution is 2.13. The maximum absolute atomic E-state index is 4.97. The predicted molar refractivity (Wildman–Crippen MR) is 57.0 cm³/mol. The van der Waals surface area contributed by atoms with E-state index in [0.29, 0.717) is 11.7 Å². The van der Waals surface area contributed by atoms with Crippen LogP contribution in [-0.2, 0) is 0 Å². The molecule has 2 heterocycles. The van der Waals surface area contributed by atoms with Crippen LogP contribution >= 0.6 is 0 Å². The Morgan fingerprint density at radius 2 is 2.06 bits per heavy atom. The number of methoxy groups -OCH3 is 1. The minimum atomic E-state index is -0.0316. The second-order valence-corrected chi connectivity index (χ2v) is 3.18. The molecule has 0 radical (unpaired) electrons. The molecule has 0 spiro atoms. The monoisotopic (exact) mass is 220 g/mol.